The Morgan fingerprint density at radius 1 is 0.412 bits per heavy atom. The Morgan fingerprint density at radius 3 is 1.12 bits per heavy atom. The van der Waals surface area contributed by atoms with E-state index in [1.807, 2.05) is 6.08 Å². The van der Waals surface area contributed by atoms with E-state index in [2.05, 4.69) is 43.5 Å². The number of unbranched alkanes of at least 4 members (excludes halogenated alkanes) is 41. The number of allylic oxidation sites excluding steroid dienone is 5. The van der Waals surface area contributed by atoms with Crippen LogP contribution >= 0.6 is 0 Å². The summed E-state index contributed by atoms with van der Waals surface area (Å²) in [6.07, 6.45) is 71.7. The summed E-state index contributed by atoms with van der Waals surface area (Å²) in [6.45, 7) is 4.88. The Bertz CT molecular complexity index is 1100. The number of rotatable bonds is 56. The molecule has 400 valence electrons. The molecule has 0 rings (SSSR count). The zero-order valence-electron chi connectivity index (χ0n) is 45.6. The van der Waals surface area contributed by atoms with Gasteiger partial charge in [0.15, 0.2) is 0 Å². The average Bonchev–Trinajstić information content (AvgIpc) is 3.34. The van der Waals surface area contributed by atoms with E-state index in [0.29, 0.717) is 19.4 Å². The van der Waals surface area contributed by atoms with E-state index >= 15 is 0 Å². The fourth-order valence-electron chi connectivity index (χ4n) is 9.25. The molecule has 0 bridgehead atoms. The highest BCUT2D eigenvalue weighted by Gasteiger charge is 2.18. The standard InChI is InChI=1S/C62H117NO5/c1-3-5-7-9-11-13-15-17-19-21-24-28-32-36-40-44-48-52-56-62(67)68-57-53-49-45-41-37-33-29-25-22-23-27-31-35-39-43-47-51-55-61(66)63-59(58-64)60(65)54-50-46-42-38-34-30-26-20-18-16-14-12-10-8-6-4-2/h22,25,33,37,50,54,59-60,64-65H,3-21,23-24,26-32,34-36,38-49,51-53,55-58H2,1-2H3,(H,63,66)/b25-22-,37-33-,54-50+. The lowest BCUT2D eigenvalue weighted by Gasteiger charge is -2.20. The number of carbonyl (C=O) groups is 2. The molecule has 0 aliphatic heterocycles. The monoisotopic (exact) mass is 956 g/mol. The van der Waals surface area contributed by atoms with Crippen LogP contribution in [-0.2, 0) is 14.3 Å². The SMILES string of the molecule is CCCCCCCCCCCCCCCC/C=C/C(O)C(CO)NC(=O)CCCCCCCCC/C=C\C/C=C\CCCCCOC(=O)CCCCCCCCCCCCCCCCCCCC. The highest BCUT2D eigenvalue weighted by Crippen LogP contribution is 2.17. The Kier molecular flexibility index (Phi) is 56.0. The summed E-state index contributed by atoms with van der Waals surface area (Å²) in [6, 6.07) is -0.640. The van der Waals surface area contributed by atoms with Crippen molar-refractivity contribution >= 4 is 11.9 Å². The maximum absolute atomic E-state index is 12.5. The first-order chi connectivity index (χ1) is 33.5. The molecule has 0 spiro atoms. The van der Waals surface area contributed by atoms with Crippen LogP contribution in [0.3, 0.4) is 0 Å². The van der Waals surface area contributed by atoms with Gasteiger partial charge in [0.05, 0.1) is 25.4 Å². The smallest absolute Gasteiger partial charge is 0.305 e. The highest BCUT2D eigenvalue weighted by molar-refractivity contribution is 5.76. The highest BCUT2D eigenvalue weighted by atomic mass is 16.5. The molecule has 0 radical (unpaired) electrons. The average molecular weight is 957 g/mol. The van der Waals surface area contributed by atoms with Crippen molar-refractivity contribution in [3.05, 3.63) is 36.5 Å². The van der Waals surface area contributed by atoms with E-state index in [-0.39, 0.29) is 18.5 Å². The first kappa shape index (κ1) is 66.1. The van der Waals surface area contributed by atoms with Gasteiger partial charge in [0.1, 0.15) is 0 Å². The Labute approximate surface area is 424 Å². The Morgan fingerprint density at radius 2 is 0.735 bits per heavy atom. The van der Waals surface area contributed by atoms with Gasteiger partial charge in [0.2, 0.25) is 5.91 Å². The van der Waals surface area contributed by atoms with Crippen molar-refractivity contribution in [3.8, 4) is 0 Å². The van der Waals surface area contributed by atoms with Crippen molar-refractivity contribution in [2.24, 2.45) is 0 Å². The third kappa shape index (κ3) is 53.4. The number of ether oxygens (including phenoxy) is 1. The lowest BCUT2D eigenvalue weighted by Crippen LogP contribution is -2.45. The van der Waals surface area contributed by atoms with E-state index in [9.17, 15) is 19.8 Å². The molecule has 3 N–H and O–H groups in total. The van der Waals surface area contributed by atoms with Crippen LogP contribution in [0.5, 0.6) is 0 Å². The van der Waals surface area contributed by atoms with Crippen molar-refractivity contribution in [2.75, 3.05) is 13.2 Å². The molecular formula is C62H117NO5. The summed E-state index contributed by atoms with van der Waals surface area (Å²) < 4.78 is 5.47. The van der Waals surface area contributed by atoms with Gasteiger partial charge >= 0.3 is 5.97 Å². The van der Waals surface area contributed by atoms with Crippen molar-refractivity contribution in [1.82, 2.24) is 5.32 Å². The van der Waals surface area contributed by atoms with Crippen LogP contribution in [0.15, 0.2) is 36.5 Å². The van der Waals surface area contributed by atoms with Crippen LogP contribution in [0.25, 0.3) is 0 Å². The fraction of sp³-hybridized carbons (Fsp3) is 0.871. The van der Waals surface area contributed by atoms with Crippen molar-refractivity contribution in [3.63, 3.8) is 0 Å². The van der Waals surface area contributed by atoms with Gasteiger partial charge in [-0.2, -0.15) is 0 Å². The van der Waals surface area contributed by atoms with Gasteiger partial charge in [0, 0.05) is 12.8 Å². The third-order valence-corrected chi connectivity index (χ3v) is 13.9. The summed E-state index contributed by atoms with van der Waals surface area (Å²) in [5.41, 5.74) is 0. The van der Waals surface area contributed by atoms with Gasteiger partial charge in [-0.05, 0) is 70.6 Å². The number of aliphatic hydroxyl groups excluding tert-OH is 2. The molecule has 0 aromatic heterocycles. The molecule has 0 aromatic carbocycles. The minimum atomic E-state index is -0.855. The van der Waals surface area contributed by atoms with E-state index in [0.717, 1.165) is 83.5 Å². The number of esters is 1. The summed E-state index contributed by atoms with van der Waals surface area (Å²) in [4.78, 5) is 24.5. The maximum Gasteiger partial charge on any atom is 0.305 e. The molecule has 68 heavy (non-hydrogen) atoms. The zero-order chi connectivity index (χ0) is 49.3. The molecule has 0 aliphatic rings. The number of hydrogen-bond acceptors (Lipinski definition) is 5. The van der Waals surface area contributed by atoms with Crippen LogP contribution in [0.1, 0.15) is 322 Å². The van der Waals surface area contributed by atoms with Gasteiger partial charge in [0.25, 0.3) is 0 Å². The van der Waals surface area contributed by atoms with E-state index in [4.69, 9.17) is 4.74 Å². The molecule has 0 fully saturated rings. The summed E-state index contributed by atoms with van der Waals surface area (Å²) >= 11 is 0. The Hall–Kier alpha value is -1.92. The minimum absolute atomic E-state index is 0.0120. The molecule has 6 nitrogen and oxygen atoms in total. The van der Waals surface area contributed by atoms with Crippen molar-refractivity contribution in [1.29, 1.82) is 0 Å². The van der Waals surface area contributed by atoms with Crippen molar-refractivity contribution < 1.29 is 24.5 Å². The van der Waals surface area contributed by atoms with Crippen LogP contribution in [0.4, 0.5) is 0 Å². The van der Waals surface area contributed by atoms with Gasteiger partial charge in [-0.3, -0.25) is 9.59 Å². The molecule has 0 heterocycles. The second-order valence-electron chi connectivity index (χ2n) is 20.7. The quantitative estimate of drug-likeness (QED) is 0.0321. The van der Waals surface area contributed by atoms with Crippen LogP contribution in [0, 0.1) is 0 Å². The van der Waals surface area contributed by atoms with Gasteiger partial charge < -0.3 is 20.3 Å². The van der Waals surface area contributed by atoms with Crippen LogP contribution in [-0.4, -0.2) is 47.4 Å². The zero-order valence-corrected chi connectivity index (χ0v) is 45.6. The minimum Gasteiger partial charge on any atom is -0.466 e. The molecule has 0 aliphatic carbocycles. The second-order valence-corrected chi connectivity index (χ2v) is 20.7. The van der Waals surface area contributed by atoms with E-state index < -0.39 is 12.1 Å². The number of aliphatic hydroxyl groups is 2. The van der Waals surface area contributed by atoms with Gasteiger partial charge in [-0.25, -0.2) is 0 Å². The fourth-order valence-corrected chi connectivity index (χ4v) is 9.25. The first-order valence-electron chi connectivity index (χ1n) is 30.3. The molecule has 0 aromatic rings. The predicted octanol–water partition coefficient (Wildman–Crippen LogP) is 18.8. The van der Waals surface area contributed by atoms with E-state index in [1.54, 1.807) is 6.08 Å². The first-order valence-corrected chi connectivity index (χ1v) is 30.3. The number of nitrogens with one attached hydrogen (secondary N) is 1. The summed E-state index contributed by atoms with van der Waals surface area (Å²) in [5, 5.41) is 23.1. The lowest BCUT2D eigenvalue weighted by atomic mass is 10.0. The lowest BCUT2D eigenvalue weighted by molar-refractivity contribution is -0.143. The van der Waals surface area contributed by atoms with E-state index in [1.165, 1.54) is 212 Å². The third-order valence-electron chi connectivity index (χ3n) is 13.9. The topological polar surface area (TPSA) is 95.9 Å². The molecule has 0 saturated heterocycles. The summed E-state index contributed by atoms with van der Waals surface area (Å²) in [5.74, 6) is -0.0949. The van der Waals surface area contributed by atoms with Crippen LogP contribution in [0.2, 0.25) is 0 Å². The number of carbonyl (C=O) groups excluding carboxylic acids is 2. The van der Waals surface area contributed by atoms with Crippen LogP contribution < -0.4 is 5.32 Å². The normalized spacial score (nSPS) is 12.8. The summed E-state index contributed by atoms with van der Waals surface area (Å²) in [7, 11) is 0. The van der Waals surface area contributed by atoms with Crippen molar-refractivity contribution in [2.45, 2.75) is 334 Å². The largest absolute Gasteiger partial charge is 0.466 e. The second kappa shape index (κ2) is 57.7. The maximum atomic E-state index is 12.5. The molecule has 1 amide bonds. The molecule has 2 atom stereocenters. The molecule has 0 saturated carbocycles. The number of amides is 1. The Balaban J connectivity index is 3.50. The molecule has 2 unspecified atom stereocenters. The predicted molar refractivity (Wildman–Crippen MR) is 296 cm³/mol. The van der Waals surface area contributed by atoms with Gasteiger partial charge in [-0.15, -0.1) is 0 Å². The number of hydrogen-bond donors (Lipinski definition) is 3. The molecule has 6 heteroatoms. The van der Waals surface area contributed by atoms with Gasteiger partial charge in [-0.1, -0.05) is 275 Å². The molecular weight excluding hydrogens is 839 g/mol.